The summed E-state index contributed by atoms with van der Waals surface area (Å²) in [6.45, 7) is 3.40. The number of esters is 1. The molecule has 0 aromatic rings. The van der Waals surface area contributed by atoms with E-state index in [1.165, 1.54) is 7.11 Å². The zero-order valence-corrected chi connectivity index (χ0v) is 9.10. The van der Waals surface area contributed by atoms with E-state index in [4.69, 9.17) is 10.00 Å². The van der Waals surface area contributed by atoms with Gasteiger partial charge in [-0.2, -0.15) is 5.26 Å². The number of carbonyl (C=O) groups is 1. The predicted octanol–water partition coefficient (Wildman–Crippen LogP) is 0.162. The summed E-state index contributed by atoms with van der Waals surface area (Å²) in [7, 11) is 1.35. The van der Waals surface area contributed by atoms with Gasteiger partial charge in [0.1, 0.15) is 6.04 Å². The smallest absolute Gasteiger partial charge is 0.325 e. The molecule has 0 aromatic carbocycles. The Bertz CT molecular complexity index is 262. The lowest BCUT2D eigenvalue weighted by Gasteiger charge is -2.36. The first-order chi connectivity index (χ1) is 7.24. The lowest BCUT2D eigenvalue weighted by atomic mass is 10.1. The number of morpholine rings is 1. The fraction of sp³-hybridized carbons (Fsp3) is 0.800. The highest BCUT2D eigenvalue weighted by molar-refractivity contribution is 5.76. The van der Waals surface area contributed by atoms with E-state index in [-0.39, 0.29) is 12.0 Å². The van der Waals surface area contributed by atoms with E-state index in [0.29, 0.717) is 26.2 Å². The number of rotatable bonds is 3. The molecule has 2 atom stereocenters. The molecule has 1 fully saturated rings. The molecule has 0 amide bonds. The van der Waals surface area contributed by atoms with E-state index in [9.17, 15) is 4.79 Å². The van der Waals surface area contributed by atoms with Crippen molar-refractivity contribution in [2.75, 3.05) is 26.9 Å². The molecule has 0 spiro atoms. The third-order valence-electron chi connectivity index (χ3n) is 2.58. The highest BCUT2D eigenvalue weighted by Gasteiger charge is 2.34. The fourth-order valence-electron chi connectivity index (χ4n) is 1.73. The number of nitrogens with zero attached hydrogens (tertiary/aromatic N) is 2. The molecule has 1 heterocycles. The second-order valence-corrected chi connectivity index (χ2v) is 3.40. The van der Waals surface area contributed by atoms with Crippen LogP contribution in [0.5, 0.6) is 0 Å². The van der Waals surface area contributed by atoms with E-state index in [1.54, 1.807) is 0 Å². The van der Waals surface area contributed by atoms with E-state index in [1.807, 2.05) is 11.8 Å². The second kappa shape index (κ2) is 5.69. The molecule has 2 unspecified atom stereocenters. The molecule has 0 bridgehead atoms. The quantitative estimate of drug-likeness (QED) is 0.624. The van der Waals surface area contributed by atoms with Gasteiger partial charge in [0, 0.05) is 6.54 Å². The summed E-state index contributed by atoms with van der Waals surface area (Å²) in [4.78, 5) is 13.3. The van der Waals surface area contributed by atoms with Crippen molar-refractivity contribution in [2.24, 2.45) is 0 Å². The van der Waals surface area contributed by atoms with Gasteiger partial charge < -0.3 is 9.47 Å². The van der Waals surface area contributed by atoms with Crippen LogP contribution in [-0.2, 0) is 14.3 Å². The van der Waals surface area contributed by atoms with Crippen LogP contribution in [0.4, 0.5) is 0 Å². The maximum atomic E-state index is 11.5. The number of hydrogen-bond acceptors (Lipinski definition) is 5. The molecular formula is C10H16N2O3. The zero-order chi connectivity index (χ0) is 11.3. The Morgan fingerprint density at radius 3 is 3.07 bits per heavy atom. The van der Waals surface area contributed by atoms with Gasteiger partial charge in [0.15, 0.2) is 0 Å². The van der Waals surface area contributed by atoms with Crippen molar-refractivity contribution < 1.29 is 14.3 Å². The van der Waals surface area contributed by atoms with Crippen molar-refractivity contribution in [3.05, 3.63) is 0 Å². The van der Waals surface area contributed by atoms with Crippen LogP contribution in [0.3, 0.4) is 0 Å². The lowest BCUT2D eigenvalue weighted by Crippen LogP contribution is -2.54. The molecule has 0 aromatic heterocycles. The van der Waals surface area contributed by atoms with Gasteiger partial charge >= 0.3 is 5.97 Å². The van der Waals surface area contributed by atoms with Crippen LogP contribution >= 0.6 is 0 Å². The van der Waals surface area contributed by atoms with Crippen molar-refractivity contribution in [1.82, 2.24) is 4.90 Å². The van der Waals surface area contributed by atoms with Crippen molar-refractivity contribution >= 4 is 5.97 Å². The van der Waals surface area contributed by atoms with Gasteiger partial charge in [-0.15, -0.1) is 0 Å². The van der Waals surface area contributed by atoms with Gasteiger partial charge in [-0.1, -0.05) is 6.92 Å². The first-order valence-corrected chi connectivity index (χ1v) is 5.05. The summed E-state index contributed by atoms with van der Waals surface area (Å²) in [6.07, 6.45) is 0.698. The summed E-state index contributed by atoms with van der Waals surface area (Å²) in [5, 5.41) is 8.97. The van der Waals surface area contributed by atoms with Crippen molar-refractivity contribution in [3.8, 4) is 6.07 Å². The molecule has 5 nitrogen and oxygen atoms in total. The summed E-state index contributed by atoms with van der Waals surface area (Å²) in [5.74, 6) is -0.330. The normalized spacial score (nSPS) is 24.2. The Morgan fingerprint density at radius 2 is 2.53 bits per heavy atom. The van der Waals surface area contributed by atoms with Crippen molar-refractivity contribution in [3.63, 3.8) is 0 Å². The number of nitriles is 1. The molecule has 0 aliphatic carbocycles. The summed E-state index contributed by atoms with van der Waals surface area (Å²) in [6, 6.07) is 1.52. The minimum atomic E-state index is -0.437. The topological polar surface area (TPSA) is 62.6 Å². The molecule has 1 saturated heterocycles. The van der Waals surface area contributed by atoms with E-state index in [0.717, 1.165) is 0 Å². The van der Waals surface area contributed by atoms with Gasteiger partial charge in [0.25, 0.3) is 0 Å². The minimum Gasteiger partial charge on any atom is -0.468 e. The highest BCUT2D eigenvalue weighted by atomic mass is 16.5. The maximum absolute atomic E-state index is 11.5. The maximum Gasteiger partial charge on any atom is 0.325 e. The standard InChI is InChI=1S/C10H16N2O3/c1-3-8(6-11)12-4-5-15-7-9(12)10(13)14-2/h8-9H,3-5,7H2,1-2H3. The zero-order valence-electron chi connectivity index (χ0n) is 9.10. The first-order valence-electron chi connectivity index (χ1n) is 5.05. The lowest BCUT2D eigenvalue weighted by molar-refractivity contribution is -0.154. The van der Waals surface area contributed by atoms with Gasteiger partial charge in [0.2, 0.25) is 0 Å². The third kappa shape index (κ3) is 2.67. The van der Waals surface area contributed by atoms with Crippen LogP contribution in [0, 0.1) is 11.3 Å². The largest absolute Gasteiger partial charge is 0.468 e. The van der Waals surface area contributed by atoms with E-state index >= 15 is 0 Å². The van der Waals surface area contributed by atoms with Crippen molar-refractivity contribution in [2.45, 2.75) is 25.4 Å². The predicted molar refractivity (Wildman–Crippen MR) is 53.0 cm³/mol. The fourth-order valence-corrected chi connectivity index (χ4v) is 1.73. The number of ether oxygens (including phenoxy) is 2. The average Bonchev–Trinajstić information content (AvgIpc) is 2.30. The molecule has 15 heavy (non-hydrogen) atoms. The highest BCUT2D eigenvalue weighted by Crippen LogP contribution is 2.14. The molecular weight excluding hydrogens is 196 g/mol. The van der Waals surface area contributed by atoms with Crippen LogP contribution < -0.4 is 0 Å². The van der Waals surface area contributed by atoms with Crippen LogP contribution in [0.1, 0.15) is 13.3 Å². The minimum absolute atomic E-state index is 0.238. The summed E-state index contributed by atoms with van der Waals surface area (Å²) in [5.41, 5.74) is 0. The molecule has 1 rings (SSSR count). The molecule has 0 saturated carbocycles. The van der Waals surface area contributed by atoms with E-state index in [2.05, 4.69) is 10.8 Å². The Hall–Kier alpha value is -1.12. The van der Waals surface area contributed by atoms with Crippen LogP contribution in [0.2, 0.25) is 0 Å². The molecule has 84 valence electrons. The SMILES string of the molecule is CCC(C#N)N1CCOCC1C(=O)OC. The Labute approximate surface area is 89.6 Å². The van der Waals surface area contributed by atoms with Crippen LogP contribution in [0.15, 0.2) is 0 Å². The second-order valence-electron chi connectivity index (χ2n) is 3.40. The molecule has 5 heteroatoms. The summed E-state index contributed by atoms with van der Waals surface area (Å²) < 4.78 is 9.91. The molecule has 1 aliphatic rings. The number of carbonyl (C=O) groups excluding carboxylic acids is 1. The summed E-state index contributed by atoms with van der Waals surface area (Å²) >= 11 is 0. The van der Waals surface area contributed by atoms with E-state index < -0.39 is 6.04 Å². The number of methoxy groups -OCH3 is 1. The van der Waals surface area contributed by atoms with Gasteiger partial charge in [-0.05, 0) is 6.42 Å². The Morgan fingerprint density at radius 1 is 1.80 bits per heavy atom. The van der Waals surface area contributed by atoms with Crippen molar-refractivity contribution in [1.29, 1.82) is 5.26 Å². The molecule has 1 aliphatic heterocycles. The average molecular weight is 212 g/mol. The Kier molecular flexibility index (Phi) is 4.53. The van der Waals surface area contributed by atoms with Crippen LogP contribution in [-0.4, -0.2) is 49.8 Å². The Balaban J connectivity index is 2.73. The van der Waals surface area contributed by atoms with Gasteiger partial charge in [-0.25, -0.2) is 0 Å². The first kappa shape index (κ1) is 12.0. The van der Waals surface area contributed by atoms with Crippen LogP contribution in [0.25, 0.3) is 0 Å². The monoisotopic (exact) mass is 212 g/mol. The molecule has 0 radical (unpaired) electrons. The van der Waals surface area contributed by atoms with Gasteiger partial charge in [-0.3, -0.25) is 9.69 Å². The number of hydrogen-bond donors (Lipinski definition) is 0. The third-order valence-corrected chi connectivity index (χ3v) is 2.58. The van der Waals surface area contributed by atoms with Gasteiger partial charge in [0.05, 0.1) is 32.4 Å². The molecule has 0 N–H and O–H groups in total.